The van der Waals surface area contributed by atoms with Crippen molar-refractivity contribution in [2.75, 3.05) is 46.6 Å². The number of methoxy groups -OCH3 is 1. The molecule has 21 heavy (non-hydrogen) atoms. The van der Waals surface area contributed by atoms with Crippen LogP contribution in [-0.2, 0) is 20.8 Å². The monoisotopic (exact) mass is 311 g/mol. The Hall–Kier alpha value is -1.02. The van der Waals surface area contributed by atoms with Gasteiger partial charge in [-0.15, -0.1) is 11.3 Å². The summed E-state index contributed by atoms with van der Waals surface area (Å²) in [6, 6.07) is 0. The largest absolute Gasteiger partial charge is 0.380 e. The molecule has 7 heteroatoms. The van der Waals surface area contributed by atoms with Crippen molar-refractivity contribution in [2.45, 2.75) is 6.54 Å². The fourth-order valence-corrected chi connectivity index (χ4v) is 3.95. The molecule has 2 fully saturated rings. The maximum Gasteiger partial charge on any atom is 0.246 e. The highest BCUT2D eigenvalue weighted by Gasteiger charge is 2.50. The fourth-order valence-electron chi connectivity index (χ4n) is 3.29. The Morgan fingerprint density at radius 1 is 1.71 bits per heavy atom. The number of carbonyl (C=O) groups is 1. The van der Waals surface area contributed by atoms with Crippen molar-refractivity contribution in [3.8, 4) is 0 Å². The minimum atomic E-state index is -0.0594. The van der Waals surface area contributed by atoms with Crippen LogP contribution in [0.5, 0.6) is 0 Å². The second kappa shape index (κ2) is 6.39. The number of thiazole rings is 1. The molecule has 1 N–H and O–H groups in total. The molecule has 0 aliphatic carbocycles. The summed E-state index contributed by atoms with van der Waals surface area (Å²) >= 11 is 1.69. The molecule has 1 aromatic rings. The van der Waals surface area contributed by atoms with Gasteiger partial charge in [-0.2, -0.15) is 0 Å². The molecule has 2 aliphatic heterocycles. The summed E-state index contributed by atoms with van der Waals surface area (Å²) in [5.74, 6) is 0.427. The molecule has 3 heterocycles. The van der Waals surface area contributed by atoms with E-state index in [2.05, 4.69) is 15.2 Å². The fraction of sp³-hybridized carbons (Fsp3) is 0.714. The van der Waals surface area contributed by atoms with Crippen LogP contribution in [0.2, 0.25) is 0 Å². The third-order valence-corrected chi connectivity index (χ3v) is 5.11. The lowest BCUT2D eigenvalue weighted by atomic mass is 9.81. The number of carbonyl (C=O) groups excluding carboxylic acids is 1. The quantitative estimate of drug-likeness (QED) is 0.821. The lowest BCUT2D eigenvalue weighted by Crippen LogP contribution is -2.44. The third-order valence-electron chi connectivity index (χ3n) is 4.35. The van der Waals surface area contributed by atoms with Crippen LogP contribution in [0.4, 0.5) is 0 Å². The predicted molar refractivity (Wildman–Crippen MR) is 79.0 cm³/mol. The van der Waals surface area contributed by atoms with Crippen LogP contribution in [0, 0.1) is 11.3 Å². The first-order valence-corrected chi connectivity index (χ1v) is 8.04. The first-order chi connectivity index (χ1) is 10.2. The minimum absolute atomic E-state index is 0.0423. The molecule has 1 aromatic heterocycles. The summed E-state index contributed by atoms with van der Waals surface area (Å²) in [6.45, 7) is 5.14. The van der Waals surface area contributed by atoms with Gasteiger partial charge in [-0.1, -0.05) is 0 Å². The highest BCUT2D eigenvalue weighted by molar-refractivity contribution is 7.09. The Morgan fingerprint density at radius 3 is 3.38 bits per heavy atom. The van der Waals surface area contributed by atoms with Gasteiger partial charge in [0, 0.05) is 49.7 Å². The Bertz CT molecular complexity index is 482. The van der Waals surface area contributed by atoms with E-state index in [1.54, 1.807) is 11.3 Å². The van der Waals surface area contributed by atoms with Gasteiger partial charge in [0.05, 0.1) is 19.8 Å². The number of rotatable bonds is 6. The van der Waals surface area contributed by atoms with Gasteiger partial charge in [-0.05, 0) is 0 Å². The van der Waals surface area contributed by atoms with Crippen molar-refractivity contribution >= 4 is 17.2 Å². The molecule has 3 rings (SSSR count). The molecule has 0 unspecified atom stereocenters. The average molecular weight is 311 g/mol. The van der Waals surface area contributed by atoms with Crippen LogP contribution >= 0.6 is 11.3 Å². The van der Waals surface area contributed by atoms with Crippen molar-refractivity contribution in [1.82, 2.24) is 15.2 Å². The third kappa shape index (κ3) is 3.26. The van der Waals surface area contributed by atoms with Crippen LogP contribution in [0.3, 0.4) is 0 Å². The second-order valence-electron chi connectivity index (χ2n) is 5.88. The molecule has 0 radical (unpaired) electrons. The Balaban J connectivity index is 1.59. The number of aromatic nitrogens is 1. The van der Waals surface area contributed by atoms with E-state index in [-0.39, 0.29) is 17.9 Å². The molecule has 2 saturated heterocycles. The molecule has 0 aromatic carbocycles. The smallest absolute Gasteiger partial charge is 0.246 e. The number of hydrogen-bond donors (Lipinski definition) is 1. The number of ether oxygens (including phenoxy) is 2. The van der Waals surface area contributed by atoms with Crippen molar-refractivity contribution in [3.05, 3.63) is 16.6 Å². The maximum atomic E-state index is 11.6. The standard InChI is InChI=1S/C14H21N3O3S/c1-19-7-12(18)16-8-14-9-17(4-11(14)6-20-10-14)5-13-15-2-3-21-13/h2-3,11H,4-10H2,1H3,(H,16,18)/t11-,14+/m1/s1. The summed E-state index contributed by atoms with van der Waals surface area (Å²) in [7, 11) is 1.53. The van der Waals surface area contributed by atoms with Crippen LogP contribution in [0.1, 0.15) is 5.01 Å². The van der Waals surface area contributed by atoms with Crippen molar-refractivity contribution in [2.24, 2.45) is 11.3 Å². The van der Waals surface area contributed by atoms with Gasteiger partial charge < -0.3 is 14.8 Å². The first kappa shape index (κ1) is 14.9. The molecular formula is C14H21N3O3S. The van der Waals surface area contributed by atoms with E-state index in [4.69, 9.17) is 9.47 Å². The second-order valence-corrected chi connectivity index (χ2v) is 6.86. The molecule has 6 nitrogen and oxygen atoms in total. The zero-order chi connectivity index (χ0) is 14.7. The van der Waals surface area contributed by atoms with Crippen LogP contribution in [0.15, 0.2) is 11.6 Å². The van der Waals surface area contributed by atoms with Crippen molar-refractivity contribution in [1.29, 1.82) is 0 Å². The van der Waals surface area contributed by atoms with E-state index in [1.165, 1.54) is 7.11 Å². The number of nitrogens with zero attached hydrogens (tertiary/aromatic N) is 2. The summed E-state index contributed by atoms with van der Waals surface area (Å²) < 4.78 is 10.5. The normalized spacial score (nSPS) is 28.7. The molecule has 0 saturated carbocycles. The Morgan fingerprint density at radius 2 is 2.62 bits per heavy atom. The Labute approximate surface area is 128 Å². The molecule has 116 valence electrons. The van der Waals surface area contributed by atoms with Crippen LogP contribution in [-0.4, -0.2) is 62.4 Å². The average Bonchev–Trinajstić information content (AvgIpc) is 3.13. The molecule has 2 aliphatic rings. The molecule has 2 atom stereocenters. The number of amides is 1. The van der Waals surface area contributed by atoms with E-state index in [0.717, 1.165) is 37.9 Å². The van der Waals surface area contributed by atoms with Crippen LogP contribution in [0.25, 0.3) is 0 Å². The van der Waals surface area contributed by atoms with Crippen molar-refractivity contribution < 1.29 is 14.3 Å². The van der Waals surface area contributed by atoms with Gasteiger partial charge in [0.1, 0.15) is 11.6 Å². The van der Waals surface area contributed by atoms with Gasteiger partial charge in [0.2, 0.25) is 5.91 Å². The van der Waals surface area contributed by atoms with Gasteiger partial charge in [-0.25, -0.2) is 4.98 Å². The van der Waals surface area contributed by atoms with E-state index in [9.17, 15) is 4.79 Å². The lowest BCUT2D eigenvalue weighted by molar-refractivity contribution is -0.125. The van der Waals surface area contributed by atoms with Crippen molar-refractivity contribution in [3.63, 3.8) is 0 Å². The molecule has 0 spiro atoms. The maximum absolute atomic E-state index is 11.6. The lowest BCUT2D eigenvalue weighted by Gasteiger charge is -2.27. The highest BCUT2D eigenvalue weighted by Crippen LogP contribution is 2.41. The van der Waals surface area contributed by atoms with Crippen LogP contribution < -0.4 is 5.32 Å². The van der Waals surface area contributed by atoms with E-state index in [0.29, 0.717) is 12.5 Å². The Kier molecular flexibility index (Phi) is 4.54. The van der Waals surface area contributed by atoms with E-state index in [1.807, 2.05) is 11.6 Å². The van der Waals surface area contributed by atoms with Gasteiger partial charge in [0.25, 0.3) is 0 Å². The van der Waals surface area contributed by atoms with E-state index < -0.39 is 0 Å². The minimum Gasteiger partial charge on any atom is -0.380 e. The zero-order valence-electron chi connectivity index (χ0n) is 12.2. The SMILES string of the molecule is COCC(=O)NC[C@]12COC[C@H]1CN(Cc1nccs1)C2. The summed E-state index contributed by atoms with van der Waals surface area (Å²) in [6.07, 6.45) is 1.85. The molecule has 1 amide bonds. The van der Waals surface area contributed by atoms with Gasteiger partial charge >= 0.3 is 0 Å². The summed E-state index contributed by atoms with van der Waals surface area (Å²) in [4.78, 5) is 18.4. The number of likely N-dealkylation sites (tertiary alicyclic amines) is 1. The van der Waals surface area contributed by atoms with E-state index >= 15 is 0 Å². The number of nitrogens with one attached hydrogen (secondary N) is 1. The highest BCUT2D eigenvalue weighted by atomic mass is 32.1. The summed E-state index contributed by atoms with van der Waals surface area (Å²) in [5.41, 5.74) is 0.0423. The molecule has 0 bridgehead atoms. The summed E-state index contributed by atoms with van der Waals surface area (Å²) in [5, 5.41) is 6.14. The predicted octanol–water partition coefficient (Wildman–Crippen LogP) is 0.354. The zero-order valence-corrected chi connectivity index (χ0v) is 13.0. The number of fused-ring (bicyclic) bond motifs is 1. The molecular weight excluding hydrogens is 290 g/mol. The van der Waals surface area contributed by atoms with Gasteiger partial charge in [0.15, 0.2) is 0 Å². The van der Waals surface area contributed by atoms with Gasteiger partial charge in [-0.3, -0.25) is 9.69 Å². The topological polar surface area (TPSA) is 63.7 Å². The number of hydrogen-bond acceptors (Lipinski definition) is 6. The first-order valence-electron chi connectivity index (χ1n) is 7.16.